The van der Waals surface area contributed by atoms with Gasteiger partial charge < -0.3 is 20.1 Å². The van der Waals surface area contributed by atoms with Crippen molar-refractivity contribution in [1.29, 1.82) is 0 Å². The normalized spacial score (nSPS) is 9.44. The van der Waals surface area contributed by atoms with Crippen LogP contribution in [0.25, 0.3) is 0 Å². The van der Waals surface area contributed by atoms with Crippen LogP contribution in [0.4, 0.5) is 5.69 Å². The fourth-order valence-corrected chi connectivity index (χ4v) is 1.21. The first-order valence-corrected chi connectivity index (χ1v) is 4.87. The molecule has 16 heavy (non-hydrogen) atoms. The molecule has 0 bridgehead atoms. The van der Waals surface area contributed by atoms with Crippen molar-refractivity contribution in [3.05, 3.63) is 18.2 Å². The molecule has 2 N–H and O–H groups in total. The number of methoxy groups -OCH3 is 2. The minimum absolute atomic E-state index is 0.0853. The molecule has 0 aliphatic carbocycles. The maximum atomic E-state index is 11.1. The molecule has 0 radical (unpaired) electrons. The number of ether oxygens (including phenoxy) is 2. The maximum absolute atomic E-state index is 11.1. The van der Waals surface area contributed by atoms with Crippen LogP contribution in [0.3, 0.4) is 0 Å². The van der Waals surface area contributed by atoms with E-state index in [4.69, 9.17) is 9.47 Å². The highest BCUT2D eigenvalue weighted by Gasteiger charge is 2.05. The second kappa shape index (κ2) is 5.85. The molecule has 0 aliphatic heterocycles. The third-order valence-corrected chi connectivity index (χ3v) is 2.13. The summed E-state index contributed by atoms with van der Waals surface area (Å²) in [6.45, 7) is 0.208. The Hall–Kier alpha value is -1.91. The number of carbonyl (C=O) groups excluding carboxylic acids is 1. The van der Waals surface area contributed by atoms with Crippen molar-refractivity contribution >= 4 is 11.6 Å². The van der Waals surface area contributed by atoms with Gasteiger partial charge in [-0.2, -0.15) is 0 Å². The predicted octanol–water partition coefficient (Wildman–Crippen LogP) is 0.862. The Labute approximate surface area is 94.7 Å². The van der Waals surface area contributed by atoms with Gasteiger partial charge in [-0.05, 0) is 12.1 Å². The highest BCUT2D eigenvalue weighted by molar-refractivity contribution is 5.81. The standard InChI is InChI=1S/C11H16N2O3/c1-12-11(14)7-13-9-5-4-8(15-2)6-10(9)16-3/h4-6,13H,7H2,1-3H3,(H,12,14). The van der Waals surface area contributed by atoms with E-state index in [1.807, 2.05) is 0 Å². The van der Waals surface area contributed by atoms with Crippen LogP contribution in [0.2, 0.25) is 0 Å². The van der Waals surface area contributed by atoms with Crippen LogP contribution >= 0.6 is 0 Å². The van der Waals surface area contributed by atoms with E-state index in [-0.39, 0.29) is 12.5 Å². The van der Waals surface area contributed by atoms with Crippen LogP contribution in [0.15, 0.2) is 18.2 Å². The minimum atomic E-state index is -0.0853. The van der Waals surface area contributed by atoms with Gasteiger partial charge in [0, 0.05) is 13.1 Å². The summed E-state index contributed by atoms with van der Waals surface area (Å²) in [6.07, 6.45) is 0. The summed E-state index contributed by atoms with van der Waals surface area (Å²) in [4.78, 5) is 11.1. The molecule has 1 amide bonds. The van der Waals surface area contributed by atoms with E-state index < -0.39 is 0 Å². The summed E-state index contributed by atoms with van der Waals surface area (Å²) in [7, 11) is 4.75. The molecule has 0 fully saturated rings. The van der Waals surface area contributed by atoms with Gasteiger partial charge in [0.15, 0.2) is 0 Å². The van der Waals surface area contributed by atoms with E-state index in [1.165, 1.54) is 0 Å². The molecule has 0 aromatic heterocycles. The van der Waals surface area contributed by atoms with Crippen LogP contribution in [0.5, 0.6) is 11.5 Å². The van der Waals surface area contributed by atoms with Crippen molar-refractivity contribution in [2.24, 2.45) is 0 Å². The molecular weight excluding hydrogens is 208 g/mol. The summed E-state index contributed by atoms with van der Waals surface area (Å²) in [5.74, 6) is 1.27. The monoisotopic (exact) mass is 224 g/mol. The Balaban J connectivity index is 2.75. The van der Waals surface area contributed by atoms with Crippen molar-refractivity contribution in [3.63, 3.8) is 0 Å². The van der Waals surface area contributed by atoms with E-state index in [2.05, 4.69) is 10.6 Å². The Kier molecular flexibility index (Phi) is 4.44. The Morgan fingerprint density at radius 2 is 2.06 bits per heavy atom. The number of hydrogen-bond donors (Lipinski definition) is 2. The van der Waals surface area contributed by atoms with Crippen molar-refractivity contribution in [3.8, 4) is 11.5 Å². The lowest BCUT2D eigenvalue weighted by Gasteiger charge is -2.11. The summed E-state index contributed by atoms with van der Waals surface area (Å²) in [5.41, 5.74) is 0.756. The van der Waals surface area contributed by atoms with Crippen LogP contribution < -0.4 is 20.1 Å². The number of carbonyl (C=O) groups is 1. The summed E-state index contributed by atoms with van der Waals surface area (Å²) >= 11 is 0. The molecule has 0 aliphatic rings. The fourth-order valence-electron chi connectivity index (χ4n) is 1.21. The van der Waals surface area contributed by atoms with E-state index in [0.717, 1.165) is 5.69 Å². The summed E-state index contributed by atoms with van der Waals surface area (Å²) in [5, 5.41) is 5.50. The summed E-state index contributed by atoms with van der Waals surface area (Å²) in [6, 6.07) is 5.36. The zero-order chi connectivity index (χ0) is 12.0. The van der Waals surface area contributed by atoms with Gasteiger partial charge in [0.05, 0.1) is 26.5 Å². The quantitative estimate of drug-likeness (QED) is 0.779. The molecule has 5 heteroatoms. The van der Waals surface area contributed by atoms with Crippen LogP contribution in [-0.2, 0) is 4.79 Å². The van der Waals surface area contributed by atoms with E-state index in [0.29, 0.717) is 11.5 Å². The fraction of sp³-hybridized carbons (Fsp3) is 0.364. The first-order chi connectivity index (χ1) is 7.71. The number of rotatable bonds is 5. The highest BCUT2D eigenvalue weighted by atomic mass is 16.5. The van der Waals surface area contributed by atoms with Gasteiger partial charge >= 0.3 is 0 Å². The Morgan fingerprint density at radius 1 is 1.31 bits per heavy atom. The smallest absolute Gasteiger partial charge is 0.239 e. The van der Waals surface area contributed by atoms with Crippen LogP contribution in [0, 0.1) is 0 Å². The third-order valence-electron chi connectivity index (χ3n) is 2.13. The average molecular weight is 224 g/mol. The summed E-state index contributed by atoms with van der Waals surface area (Å²) < 4.78 is 10.3. The number of amides is 1. The van der Waals surface area contributed by atoms with Crippen LogP contribution in [0.1, 0.15) is 0 Å². The van der Waals surface area contributed by atoms with Gasteiger partial charge in [0.2, 0.25) is 5.91 Å². The molecule has 5 nitrogen and oxygen atoms in total. The molecule has 0 heterocycles. The lowest BCUT2D eigenvalue weighted by molar-refractivity contribution is -0.118. The average Bonchev–Trinajstić information content (AvgIpc) is 2.35. The van der Waals surface area contributed by atoms with E-state index in [1.54, 1.807) is 39.5 Å². The van der Waals surface area contributed by atoms with E-state index in [9.17, 15) is 4.79 Å². The number of hydrogen-bond acceptors (Lipinski definition) is 4. The number of benzene rings is 1. The molecule has 88 valence electrons. The second-order valence-electron chi connectivity index (χ2n) is 3.09. The van der Waals surface area contributed by atoms with Gasteiger partial charge in [-0.1, -0.05) is 0 Å². The molecular formula is C11H16N2O3. The zero-order valence-corrected chi connectivity index (χ0v) is 9.66. The zero-order valence-electron chi connectivity index (χ0n) is 9.66. The van der Waals surface area contributed by atoms with E-state index >= 15 is 0 Å². The first kappa shape index (κ1) is 12.2. The van der Waals surface area contributed by atoms with Gasteiger partial charge in [0.1, 0.15) is 11.5 Å². The molecule has 1 aromatic rings. The minimum Gasteiger partial charge on any atom is -0.497 e. The van der Waals surface area contributed by atoms with Gasteiger partial charge in [-0.25, -0.2) is 0 Å². The van der Waals surface area contributed by atoms with Gasteiger partial charge in [-0.15, -0.1) is 0 Å². The number of nitrogens with one attached hydrogen (secondary N) is 2. The molecule has 0 unspecified atom stereocenters. The largest absolute Gasteiger partial charge is 0.497 e. The Bertz CT molecular complexity index is 366. The van der Waals surface area contributed by atoms with Crippen molar-refractivity contribution in [2.75, 3.05) is 33.1 Å². The highest BCUT2D eigenvalue weighted by Crippen LogP contribution is 2.28. The van der Waals surface area contributed by atoms with Crippen LogP contribution in [-0.4, -0.2) is 33.7 Å². The molecule has 0 atom stereocenters. The topological polar surface area (TPSA) is 59.6 Å². The Morgan fingerprint density at radius 3 is 2.62 bits per heavy atom. The lowest BCUT2D eigenvalue weighted by atomic mass is 10.2. The molecule has 1 rings (SSSR count). The third kappa shape index (κ3) is 3.05. The molecule has 0 saturated carbocycles. The SMILES string of the molecule is CNC(=O)CNc1ccc(OC)cc1OC. The van der Waals surface area contributed by atoms with Gasteiger partial charge in [-0.3, -0.25) is 4.79 Å². The van der Waals surface area contributed by atoms with Crippen molar-refractivity contribution in [1.82, 2.24) is 5.32 Å². The number of likely N-dealkylation sites (N-methyl/N-ethyl adjacent to an activating group) is 1. The number of anilines is 1. The van der Waals surface area contributed by atoms with Crippen molar-refractivity contribution in [2.45, 2.75) is 0 Å². The molecule has 1 aromatic carbocycles. The maximum Gasteiger partial charge on any atom is 0.239 e. The second-order valence-corrected chi connectivity index (χ2v) is 3.09. The van der Waals surface area contributed by atoms with Crippen molar-refractivity contribution < 1.29 is 14.3 Å². The molecule has 0 saturated heterocycles. The molecule has 0 spiro atoms. The first-order valence-electron chi connectivity index (χ1n) is 4.87. The van der Waals surface area contributed by atoms with Gasteiger partial charge in [0.25, 0.3) is 0 Å². The lowest BCUT2D eigenvalue weighted by Crippen LogP contribution is -2.26. The predicted molar refractivity (Wildman–Crippen MR) is 62.1 cm³/mol.